The number of hydrogen-bond acceptors (Lipinski definition) is 2. The van der Waals surface area contributed by atoms with Crippen LogP contribution < -0.4 is 0 Å². The second kappa shape index (κ2) is 10.0. The average molecular weight is 196 g/mol. The molecule has 0 bridgehead atoms. The van der Waals surface area contributed by atoms with Crippen LogP contribution in [-0.2, 0) is 9.53 Å². The van der Waals surface area contributed by atoms with Gasteiger partial charge in [0, 0.05) is 6.08 Å². The number of rotatable bonds is 7. The number of carbonyl (C=O) groups excluding carboxylic acids is 1. The Bertz CT molecular complexity index is 192. The van der Waals surface area contributed by atoms with Gasteiger partial charge in [-0.05, 0) is 25.7 Å². The summed E-state index contributed by atoms with van der Waals surface area (Å²) < 4.78 is 4.47. The maximum Gasteiger partial charge on any atom is 0.330 e. The van der Waals surface area contributed by atoms with E-state index in [1.807, 2.05) is 6.08 Å². The van der Waals surface area contributed by atoms with Crippen molar-refractivity contribution < 1.29 is 9.53 Å². The summed E-state index contributed by atoms with van der Waals surface area (Å²) in [6, 6.07) is 0. The molecule has 0 aliphatic rings. The number of allylic oxidation sites excluding steroid dienone is 3. The van der Waals surface area contributed by atoms with Crippen LogP contribution in [0.4, 0.5) is 0 Å². The van der Waals surface area contributed by atoms with Crippen molar-refractivity contribution in [1.29, 1.82) is 0 Å². The van der Waals surface area contributed by atoms with Gasteiger partial charge in [0.25, 0.3) is 0 Å². The van der Waals surface area contributed by atoms with Crippen LogP contribution in [0.5, 0.6) is 0 Å². The Morgan fingerprint density at radius 3 is 2.43 bits per heavy atom. The third-order valence-corrected chi connectivity index (χ3v) is 1.82. The largest absolute Gasteiger partial charge is 0.466 e. The Balaban J connectivity index is 3.29. The average Bonchev–Trinajstić information content (AvgIpc) is 2.21. The highest BCUT2D eigenvalue weighted by Crippen LogP contribution is 1.99. The summed E-state index contributed by atoms with van der Waals surface area (Å²) in [5, 5.41) is 0. The highest BCUT2D eigenvalue weighted by molar-refractivity contribution is 5.81. The van der Waals surface area contributed by atoms with Gasteiger partial charge in [0.1, 0.15) is 0 Å². The minimum atomic E-state index is -0.272. The van der Waals surface area contributed by atoms with Gasteiger partial charge < -0.3 is 4.74 Å². The molecule has 0 aromatic rings. The third kappa shape index (κ3) is 9.04. The second-order valence-corrected chi connectivity index (χ2v) is 3.12. The lowest BCUT2D eigenvalue weighted by Crippen LogP contribution is -1.93. The first-order valence-corrected chi connectivity index (χ1v) is 5.20. The van der Waals surface area contributed by atoms with Crippen molar-refractivity contribution >= 4 is 5.97 Å². The number of hydrogen-bond donors (Lipinski definition) is 0. The first-order valence-electron chi connectivity index (χ1n) is 5.20. The molecule has 14 heavy (non-hydrogen) atoms. The molecule has 0 spiro atoms. The fraction of sp³-hybridized carbons (Fsp3) is 0.583. The van der Waals surface area contributed by atoms with Gasteiger partial charge in [0.15, 0.2) is 0 Å². The van der Waals surface area contributed by atoms with Crippen LogP contribution in [0.25, 0.3) is 0 Å². The molecule has 0 fully saturated rings. The number of esters is 1. The summed E-state index contributed by atoms with van der Waals surface area (Å²) in [6.45, 7) is 2.17. The van der Waals surface area contributed by atoms with Crippen molar-refractivity contribution in [3.63, 3.8) is 0 Å². The summed E-state index contributed by atoms with van der Waals surface area (Å²) in [6.07, 6.45) is 13.2. The smallest absolute Gasteiger partial charge is 0.330 e. The molecule has 0 saturated heterocycles. The molecule has 0 heterocycles. The first kappa shape index (κ1) is 12.9. The zero-order chi connectivity index (χ0) is 10.6. The molecule has 0 saturated carbocycles. The molecule has 0 atom stereocenters. The lowest BCUT2D eigenvalue weighted by Gasteiger charge is -1.91. The van der Waals surface area contributed by atoms with E-state index in [2.05, 4.69) is 23.8 Å². The van der Waals surface area contributed by atoms with Crippen molar-refractivity contribution in [2.24, 2.45) is 0 Å². The van der Waals surface area contributed by atoms with Crippen molar-refractivity contribution in [1.82, 2.24) is 0 Å². The fourth-order valence-electron chi connectivity index (χ4n) is 1.00. The molecule has 0 radical (unpaired) electrons. The van der Waals surface area contributed by atoms with Gasteiger partial charge in [0.2, 0.25) is 0 Å². The predicted octanol–water partition coefficient (Wildman–Crippen LogP) is 3.24. The second-order valence-electron chi connectivity index (χ2n) is 3.12. The SMILES string of the molecule is CCC/C=C/CCC/C=C/C(=O)OC. The summed E-state index contributed by atoms with van der Waals surface area (Å²) in [5.41, 5.74) is 0. The van der Waals surface area contributed by atoms with E-state index in [1.54, 1.807) is 0 Å². The first-order chi connectivity index (χ1) is 6.81. The summed E-state index contributed by atoms with van der Waals surface area (Å²) in [7, 11) is 1.39. The highest BCUT2D eigenvalue weighted by Gasteiger charge is 1.88. The fourth-order valence-corrected chi connectivity index (χ4v) is 1.00. The molecule has 0 aromatic heterocycles. The van der Waals surface area contributed by atoms with Crippen molar-refractivity contribution in [3.05, 3.63) is 24.3 Å². The number of ether oxygens (including phenoxy) is 1. The van der Waals surface area contributed by atoms with Gasteiger partial charge in [-0.1, -0.05) is 31.6 Å². The molecular formula is C12H20O2. The molecule has 2 nitrogen and oxygen atoms in total. The summed E-state index contributed by atoms with van der Waals surface area (Å²) in [4.78, 5) is 10.7. The van der Waals surface area contributed by atoms with Gasteiger partial charge >= 0.3 is 5.97 Å². The minimum Gasteiger partial charge on any atom is -0.466 e. The molecule has 0 rings (SSSR count). The molecule has 0 N–H and O–H groups in total. The maximum atomic E-state index is 10.7. The monoisotopic (exact) mass is 196 g/mol. The number of carbonyl (C=O) groups is 1. The van der Waals surface area contributed by atoms with Crippen LogP contribution >= 0.6 is 0 Å². The van der Waals surface area contributed by atoms with E-state index in [4.69, 9.17) is 0 Å². The van der Waals surface area contributed by atoms with E-state index >= 15 is 0 Å². The van der Waals surface area contributed by atoms with Crippen LogP contribution in [0, 0.1) is 0 Å². The molecule has 2 heteroatoms. The van der Waals surface area contributed by atoms with E-state index in [0.717, 1.165) is 25.7 Å². The summed E-state index contributed by atoms with van der Waals surface area (Å²) in [5.74, 6) is -0.272. The van der Waals surface area contributed by atoms with E-state index in [1.165, 1.54) is 19.6 Å². The van der Waals surface area contributed by atoms with Gasteiger partial charge in [-0.3, -0.25) is 0 Å². The van der Waals surface area contributed by atoms with Crippen LogP contribution in [0.15, 0.2) is 24.3 Å². The van der Waals surface area contributed by atoms with Gasteiger partial charge in [0.05, 0.1) is 7.11 Å². The van der Waals surface area contributed by atoms with Crippen LogP contribution in [0.2, 0.25) is 0 Å². The van der Waals surface area contributed by atoms with E-state index in [9.17, 15) is 4.79 Å². The van der Waals surface area contributed by atoms with Crippen LogP contribution in [0.1, 0.15) is 39.0 Å². The number of methoxy groups -OCH3 is 1. The maximum absolute atomic E-state index is 10.7. The molecular weight excluding hydrogens is 176 g/mol. The van der Waals surface area contributed by atoms with Gasteiger partial charge in [-0.25, -0.2) is 4.79 Å². The molecule has 80 valence electrons. The van der Waals surface area contributed by atoms with Gasteiger partial charge in [-0.15, -0.1) is 0 Å². The Kier molecular flexibility index (Phi) is 9.28. The quantitative estimate of drug-likeness (QED) is 0.270. The zero-order valence-electron chi connectivity index (χ0n) is 9.16. The molecule has 0 amide bonds. The van der Waals surface area contributed by atoms with E-state index in [0.29, 0.717) is 0 Å². The Morgan fingerprint density at radius 2 is 1.79 bits per heavy atom. The predicted molar refractivity (Wildman–Crippen MR) is 59.1 cm³/mol. The van der Waals surface area contributed by atoms with E-state index < -0.39 is 0 Å². The standard InChI is InChI=1S/C12H20O2/c1-3-4-5-6-7-8-9-10-11-12(13)14-2/h5-6,10-11H,3-4,7-9H2,1-2H3/b6-5+,11-10+. The lowest BCUT2D eigenvalue weighted by molar-refractivity contribution is -0.134. The van der Waals surface area contributed by atoms with Crippen molar-refractivity contribution in [3.8, 4) is 0 Å². The van der Waals surface area contributed by atoms with Crippen molar-refractivity contribution in [2.75, 3.05) is 7.11 Å². The minimum absolute atomic E-state index is 0.272. The third-order valence-electron chi connectivity index (χ3n) is 1.82. The summed E-state index contributed by atoms with van der Waals surface area (Å²) >= 11 is 0. The number of unbranched alkanes of at least 4 members (excludes halogenated alkanes) is 3. The van der Waals surface area contributed by atoms with Gasteiger partial charge in [-0.2, -0.15) is 0 Å². The molecule has 0 unspecified atom stereocenters. The zero-order valence-corrected chi connectivity index (χ0v) is 9.16. The van der Waals surface area contributed by atoms with E-state index in [-0.39, 0.29) is 5.97 Å². The van der Waals surface area contributed by atoms with Crippen LogP contribution in [-0.4, -0.2) is 13.1 Å². The van der Waals surface area contributed by atoms with Crippen LogP contribution in [0.3, 0.4) is 0 Å². The molecule has 0 aliphatic heterocycles. The normalized spacial score (nSPS) is 11.3. The lowest BCUT2D eigenvalue weighted by atomic mass is 10.2. The van der Waals surface area contributed by atoms with Crippen molar-refractivity contribution in [2.45, 2.75) is 39.0 Å². The molecule has 0 aromatic carbocycles. The molecule has 0 aliphatic carbocycles. The highest BCUT2D eigenvalue weighted by atomic mass is 16.5. The Morgan fingerprint density at radius 1 is 1.14 bits per heavy atom. The Hall–Kier alpha value is -1.05. The Labute approximate surface area is 86.6 Å². The topological polar surface area (TPSA) is 26.3 Å².